The Hall–Kier alpha value is -1.81. The molecule has 0 radical (unpaired) electrons. The van der Waals surface area contributed by atoms with Crippen LogP contribution >= 0.6 is 11.6 Å². The van der Waals surface area contributed by atoms with Crippen LogP contribution in [0.15, 0.2) is 30.7 Å². The fourth-order valence-electron chi connectivity index (χ4n) is 1.66. The molecule has 0 aliphatic rings. The number of rotatable bonds is 3. The van der Waals surface area contributed by atoms with Crippen molar-refractivity contribution < 1.29 is 4.79 Å². The average Bonchev–Trinajstić information content (AvgIpc) is 2.69. The summed E-state index contributed by atoms with van der Waals surface area (Å²) in [5.41, 5.74) is 2.09. The van der Waals surface area contributed by atoms with E-state index >= 15 is 0 Å². The number of aromatic nitrogens is 2. The van der Waals surface area contributed by atoms with Crippen LogP contribution < -0.4 is 0 Å². The number of pyridine rings is 1. The Bertz CT molecular complexity index is 628. The molecule has 2 aromatic heterocycles. The van der Waals surface area contributed by atoms with Crippen LogP contribution in [-0.2, 0) is 0 Å². The molecule has 0 amide bonds. The molecule has 0 spiro atoms. The van der Waals surface area contributed by atoms with Crippen molar-refractivity contribution in [2.75, 3.05) is 14.1 Å². The summed E-state index contributed by atoms with van der Waals surface area (Å²) in [6.45, 7) is 1.93. The predicted molar refractivity (Wildman–Crippen MR) is 72.1 cm³/mol. The summed E-state index contributed by atoms with van der Waals surface area (Å²) in [7, 11) is 3.72. The molecule has 0 fully saturated rings. The third kappa shape index (κ3) is 2.38. The number of hydrogen-bond donors (Lipinski definition) is 0. The lowest BCUT2D eigenvalue weighted by molar-refractivity contribution is 0.104. The first-order valence-electron chi connectivity index (χ1n) is 5.51. The number of aryl methyl sites for hydroxylation is 1. The first-order valence-corrected chi connectivity index (χ1v) is 5.89. The van der Waals surface area contributed by atoms with Crippen molar-refractivity contribution in [2.45, 2.75) is 6.92 Å². The van der Waals surface area contributed by atoms with Gasteiger partial charge in [-0.3, -0.25) is 9.20 Å². The van der Waals surface area contributed by atoms with Crippen molar-refractivity contribution in [2.24, 2.45) is 0 Å². The molecule has 0 aliphatic carbocycles. The zero-order chi connectivity index (χ0) is 13.3. The fraction of sp³-hybridized carbons (Fsp3) is 0.231. The molecule has 2 aromatic rings. The van der Waals surface area contributed by atoms with Gasteiger partial charge in [0, 0.05) is 32.6 Å². The van der Waals surface area contributed by atoms with Crippen LogP contribution in [0, 0.1) is 6.92 Å². The van der Waals surface area contributed by atoms with Gasteiger partial charge >= 0.3 is 0 Å². The van der Waals surface area contributed by atoms with Gasteiger partial charge in [0.25, 0.3) is 0 Å². The van der Waals surface area contributed by atoms with E-state index in [9.17, 15) is 4.79 Å². The highest BCUT2D eigenvalue weighted by molar-refractivity contribution is 6.33. The van der Waals surface area contributed by atoms with Crippen molar-refractivity contribution in [3.8, 4) is 0 Å². The lowest BCUT2D eigenvalue weighted by Crippen LogP contribution is -2.05. The summed E-state index contributed by atoms with van der Waals surface area (Å²) in [6.07, 6.45) is 6.62. The van der Waals surface area contributed by atoms with Crippen LogP contribution in [0.4, 0.5) is 0 Å². The van der Waals surface area contributed by atoms with Crippen LogP contribution in [0.2, 0.25) is 5.02 Å². The summed E-state index contributed by atoms with van der Waals surface area (Å²) in [5.74, 6) is -0.0992. The Morgan fingerprint density at radius 3 is 2.89 bits per heavy atom. The Balaban J connectivity index is 2.49. The van der Waals surface area contributed by atoms with E-state index in [1.54, 1.807) is 21.7 Å². The van der Waals surface area contributed by atoms with Gasteiger partial charge in [-0.1, -0.05) is 11.6 Å². The highest BCUT2D eigenvalue weighted by atomic mass is 35.5. The molecule has 2 heterocycles. The Morgan fingerprint density at radius 2 is 2.22 bits per heavy atom. The van der Waals surface area contributed by atoms with Gasteiger partial charge in [-0.25, -0.2) is 4.98 Å². The van der Waals surface area contributed by atoms with Crippen LogP contribution in [0.5, 0.6) is 0 Å². The first-order chi connectivity index (χ1) is 8.49. The van der Waals surface area contributed by atoms with Crippen molar-refractivity contribution in [1.29, 1.82) is 0 Å². The van der Waals surface area contributed by atoms with E-state index in [0.717, 1.165) is 5.56 Å². The topological polar surface area (TPSA) is 37.6 Å². The van der Waals surface area contributed by atoms with Gasteiger partial charge < -0.3 is 4.90 Å². The first kappa shape index (κ1) is 12.6. The van der Waals surface area contributed by atoms with Gasteiger partial charge in [0.2, 0.25) is 5.78 Å². The Morgan fingerprint density at radius 1 is 1.50 bits per heavy atom. The van der Waals surface area contributed by atoms with E-state index < -0.39 is 0 Å². The maximum Gasteiger partial charge on any atom is 0.205 e. The number of imidazole rings is 1. The number of allylic oxidation sites excluding steroid dienone is 1. The van der Waals surface area contributed by atoms with E-state index in [0.29, 0.717) is 16.4 Å². The molecule has 2 rings (SSSR count). The molecule has 0 unspecified atom stereocenters. The predicted octanol–water partition coefficient (Wildman–Crippen LogP) is 2.55. The number of ketones is 1. The maximum atomic E-state index is 12.0. The van der Waals surface area contributed by atoms with Crippen LogP contribution in [-0.4, -0.2) is 34.2 Å². The fourth-order valence-corrected chi connectivity index (χ4v) is 1.97. The molecule has 0 bridgehead atoms. The van der Waals surface area contributed by atoms with Crippen molar-refractivity contribution in [1.82, 2.24) is 14.3 Å². The van der Waals surface area contributed by atoms with Gasteiger partial charge in [-0.05, 0) is 18.6 Å². The van der Waals surface area contributed by atoms with Gasteiger partial charge in [0.1, 0.15) is 5.69 Å². The third-order valence-corrected chi connectivity index (χ3v) is 2.75. The standard InChI is InChI=1S/C13H14ClN3O/c1-9-6-10(14)13-15-7-11(17(13)8-9)12(18)4-5-16(2)3/h4-8H,1-3H3. The Labute approximate surface area is 110 Å². The maximum absolute atomic E-state index is 12.0. The Kier molecular flexibility index (Phi) is 3.39. The summed E-state index contributed by atoms with van der Waals surface area (Å²) in [4.78, 5) is 18.0. The molecular formula is C13H14ClN3O. The van der Waals surface area contributed by atoms with Crippen LogP contribution in [0.25, 0.3) is 5.65 Å². The number of carbonyl (C=O) groups excluding carboxylic acids is 1. The van der Waals surface area contributed by atoms with E-state index in [1.165, 1.54) is 6.08 Å². The summed E-state index contributed by atoms with van der Waals surface area (Å²) < 4.78 is 1.72. The number of fused-ring (bicyclic) bond motifs is 1. The molecular weight excluding hydrogens is 250 g/mol. The number of carbonyl (C=O) groups is 1. The lowest BCUT2D eigenvalue weighted by Gasteiger charge is -2.04. The molecule has 0 aromatic carbocycles. The van der Waals surface area contributed by atoms with Gasteiger partial charge in [-0.15, -0.1) is 0 Å². The van der Waals surface area contributed by atoms with Gasteiger partial charge in [0.05, 0.1) is 11.2 Å². The molecule has 0 N–H and O–H groups in total. The minimum absolute atomic E-state index is 0.0992. The molecule has 0 saturated heterocycles. The monoisotopic (exact) mass is 263 g/mol. The SMILES string of the molecule is Cc1cc(Cl)c2ncc(C(=O)C=CN(C)C)n2c1. The van der Waals surface area contributed by atoms with Crippen LogP contribution in [0.3, 0.4) is 0 Å². The summed E-state index contributed by atoms with van der Waals surface area (Å²) in [5, 5.41) is 0.547. The molecule has 5 heteroatoms. The molecule has 18 heavy (non-hydrogen) atoms. The van der Waals surface area contributed by atoms with E-state index in [4.69, 9.17) is 11.6 Å². The second-order valence-electron chi connectivity index (χ2n) is 4.35. The lowest BCUT2D eigenvalue weighted by atomic mass is 10.2. The number of halogens is 1. The quantitative estimate of drug-likeness (QED) is 0.631. The van der Waals surface area contributed by atoms with Crippen molar-refractivity contribution in [3.05, 3.63) is 47.0 Å². The average molecular weight is 264 g/mol. The van der Waals surface area contributed by atoms with E-state index in [1.807, 2.05) is 33.3 Å². The highest BCUT2D eigenvalue weighted by Crippen LogP contribution is 2.19. The van der Waals surface area contributed by atoms with E-state index in [-0.39, 0.29) is 5.78 Å². The van der Waals surface area contributed by atoms with Crippen LogP contribution in [0.1, 0.15) is 16.1 Å². The minimum Gasteiger partial charge on any atom is -0.383 e. The molecule has 4 nitrogen and oxygen atoms in total. The third-order valence-electron chi connectivity index (χ3n) is 2.47. The minimum atomic E-state index is -0.0992. The normalized spacial score (nSPS) is 11.3. The molecule has 0 atom stereocenters. The highest BCUT2D eigenvalue weighted by Gasteiger charge is 2.11. The van der Waals surface area contributed by atoms with Gasteiger partial charge in [0.15, 0.2) is 5.65 Å². The summed E-state index contributed by atoms with van der Waals surface area (Å²) in [6, 6.07) is 1.83. The summed E-state index contributed by atoms with van der Waals surface area (Å²) >= 11 is 6.09. The molecule has 0 saturated carbocycles. The van der Waals surface area contributed by atoms with Crippen molar-refractivity contribution >= 4 is 23.0 Å². The molecule has 0 aliphatic heterocycles. The van der Waals surface area contributed by atoms with Gasteiger partial charge in [-0.2, -0.15) is 0 Å². The largest absolute Gasteiger partial charge is 0.383 e. The smallest absolute Gasteiger partial charge is 0.205 e. The zero-order valence-corrected chi connectivity index (χ0v) is 11.3. The number of hydrogen-bond acceptors (Lipinski definition) is 3. The second kappa shape index (κ2) is 4.82. The number of nitrogens with zero attached hydrogens (tertiary/aromatic N) is 3. The van der Waals surface area contributed by atoms with Crippen molar-refractivity contribution in [3.63, 3.8) is 0 Å². The zero-order valence-electron chi connectivity index (χ0n) is 10.5. The molecule has 94 valence electrons. The second-order valence-corrected chi connectivity index (χ2v) is 4.75. The van der Waals surface area contributed by atoms with E-state index in [2.05, 4.69) is 4.98 Å².